The van der Waals surface area contributed by atoms with Gasteiger partial charge in [0.25, 0.3) is 0 Å². The van der Waals surface area contributed by atoms with Crippen LogP contribution >= 0.6 is 0 Å². The highest BCUT2D eigenvalue weighted by molar-refractivity contribution is 5.91. The molecule has 0 spiro atoms. The summed E-state index contributed by atoms with van der Waals surface area (Å²) in [5.41, 5.74) is 0.497. The molecule has 0 aliphatic carbocycles. The fraction of sp³-hybridized carbons (Fsp3) is 0.500. The van der Waals surface area contributed by atoms with Crippen molar-refractivity contribution in [2.45, 2.75) is 43.5 Å². The number of aldehydes is 1. The van der Waals surface area contributed by atoms with Gasteiger partial charge < -0.3 is 40.0 Å². The van der Waals surface area contributed by atoms with Gasteiger partial charge in [-0.05, 0) is 24.3 Å². The van der Waals surface area contributed by atoms with Crippen molar-refractivity contribution < 1.29 is 39.5 Å². The zero-order valence-electron chi connectivity index (χ0n) is 13.3. The van der Waals surface area contributed by atoms with Gasteiger partial charge >= 0.3 is 0 Å². The second-order valence-corrected chi connectivity index (χ2v) is 5.59. The number of ether oxygens (including phenoxy) is 2. The summed E-state index contributed by atoms with van der Waals surface area (Å²) in [6.07, 6.45) is -5.91. The molecule has 9 heteroatoms. The number of aliphatic hydroxyl groups excluding tert-OH is 4. The Morgan fingerprint density at radius 2 is 1.84 bits per heavy atom. The summed E-state index contributed by atoms with van der Waals surface area (Å²) in [7, 11) is 0. The number of hydrogen-bond donors (Lipinski definition) is 5. The molecule has 1 amide bonds. The van der Waals surface area contributed by atoms with E-state index in [-0.39, 0.29) is 24.5 Å². The molecule has 25 heavy (non-hydrogen) atoms. The number of benzene rings is 1. The highest BCUT2D eigenvalue weighted by Crippen LogP contribution is 2.25. The normalized spacial score (nSPS) is 29.0. The Morgan fingerprint density at radius 1 is 1.16 bits per heavy atom. The molecule has 138 valence electrons. The Kier molecular flexibility index (Phi) is 6.85. The number of aliphatic hydroxyl groups is 4. The molecule has 0 saturated carbocycles. The number of rotatable bonds is 7. The van der Waals surface area contributed by atoms with Crippen LogP contribution in [-0.2, 0) is 14.3 Å². The zero-order chi connectivity index (χ0) is 18.4. The summed E-state index contributed by atoms with van der Waals surface area (Å²) < 4.78 is 10.7. The number of anilines is 1. The van der Waals surface area contributed by atoms with E-state index in [1.54, 1.807) is 12.1 Å². The minimum Gasteiger partial charge on any atom is -0.462 e. The first-order valence-corrected chi connectivity index (χ1v) is 7.77. The molecule has 2 rings (SSSR count). The lowest BCUT2D eigenvalue weighted by molar-refractivity contribution is -0.277. The highest BCUT2D eigenvalue weighted by Gasteiger charge is 2.44. The van der Waals surface area contributed by atoms with Crippen LogP contribution in [0.3, 0.4) is 0 Å². The van der Waals surface area contributed by atoms with Gasteiger partial charge in [-0.25, -0.2) is 0 Å². The van der Waals surface area contributed by atoms with E-state index >= 15 is 0 Å². The maximum atomic E-state index is 11.5. The van der Waals surface area contributed by atoms with Gasteiger partial charge in [0.05, 0.1) is 6.61 Å². The third-order valence-electron chi connectivity index (χ3n) is 3.73. The third-order valence-corrected chi connectivity index (χ3v) is 3.73. The summed E-state index contributed by atoms with van der Waals surface area (Å²) in [4.78, 5) is 21.8. The van der Waals surface area contributed by atoms with Gasteiger partial charge in [0.15, 0.2) is 0 Å². The predicted octanol–water partition coefficient (Wildman–Crippen LogP) is -1.22. The average Bonchev–Trinajstić information content (AvgIpc) is 2.62. The van der Waals surface area contributed by atoms with Gasteiger partial charge in [-0.3, -0.25) is 4.79 Å². The molecule has 1 aromatic carbocycles. The van der Waals surface area contributed by atoms with Crippen LogP contribution in [0, 0.1) is 0 Å². The fourth-order valence-electron chi connectivity index (χ4n) is 2.33. The summed E-state index contributed by atoms with van der Waals surface area (Å²) in [5.74, 6) is -0.00933. The maximum absolute atomic E-state index is 11.5. The van der Waals surface area contributed by atoms with Crippen molar-refractivity contribution >= 4 is 17.9 Å². The number of carbonyl (C=O) groups is 2. The van der Waals surface area contributed by atoms with Crippen molar-refractivity contribution in [3.05, 3.63) is 24.3 Å². The largest absolute Gasteiger partial charge is 0.462 e. The van der Waals surface area contributed by atoms with Gasteiger partial charge in [0.1, 0.15) is 36.5 Å². The molecule has 0 radical (unpaired) electrons. The molecular weight excluding hydrogens is 334 g/mol. The molecule has 5 atom stereocenters. The molecule has 5 N–H and O–H groups in total. The Hall–Kier alpha value is -2.04. The van der Waals surface area contributed by atoms with Crippen LogP contribution in [-0.4, -0.2) is 69.9 Å². The van der Waals surface area contributed by atoms with Crippen molar-refractivity contribution in [2.24, 2.45) is 0 Å². The Bertz CT molecular complexity index is 576. The van der Waals surface area contributed by atoms with Crippen molar-refractivity contribution in [2.75, 3.05) is 11.9 Å². The molecule has 0 bridgehead atoms. The summed E-state index contributed by atoms with van der Waals surface area (Å²) in [6, 6.07) is 6.13. The SMILES string of the molecule is O=CCCC(=O)Nc1ccc(O[C@H]2O[C@H](CO)[C@@H](O)[C@H](O)[C@@H]2O)cc1. The van der Waals surface area contributed by atoms with Crippen LogP contribution in [0.15, 0.2) is 24.3 Å². The number of carbonyl (C=O) groups excluding carboxylic acids is 2. The van der Waals surface area contributed by atoms with E-state index < -0.39 is 37.3 Å². The van der Waals surface area contributed by atoms with E-state index in [1.165, 1.54) is 12.1 Å². The molecule has 1 aliphatic rings. The third kappa shape index (κ3) is 4.97. The first-order valence-electron chi connectivity index (χ1n) is 7.77. The molecule has 1 aliphatic heterocycles. The molecule has 0 unspecified atom stereocenters. The quantitative estimate of drug-likeness (QED) is 0.383. The standard InChI is InChI=1S/C16H21NO8/c18-7-1-2-12(20)17-9-3-5-10(6-4-9)24-16-15(23)14(22)13(21)11(8-19)25-16/h3-7,11,13-16,19,21-23H,1-2,8H2,(H,17,20)/t11-,13-,14+,15+,16+/m1/s1. The van der Waals surface area contributed by atoms with E-state index in [0.717, 1.165) is 0 Å². The molecule has 1 fully saturated rings. The monoisotopic (exact) mass is 355 g/mol. The molecule has 9 nitrogen and oxygen atoms in total. The predicted molar refractivity (Wildman–Crippen MR) is 84.8 cm³/mol. The van der Waals surface area contributed by atoms with E-state index in [1.807, 2.05) is 0 Å². The lowest BCUT2D eigenvalue weighted by Gasteiger charge is -2.39. The first-order chi connectivity index (χ1) is 12.0. The van der Waals surface area contributed by atoms with E-state index in [2.05, 4.69) is 5.32 Å². The summed E-state index contributed by atoms with van der Waals surface area (Å²) >= 11 is 0. The second kappa shape index (κ2) is 8.88. The van der Waals surface area contributed by atoms with Crippen LogP contribution in [0.5, 0.6) is 5.75 Å². The highest BCUT2D eigenvalue weighted by atomic mass is 16.7. The molecular formula is C16H21NO8. The summed E-state index contributed by atoms with van der Waals surface area (Å²) in [6.45, 7) is -0.545. The van der Waals surface area contributed by atoms with Gasteiger partial charge in [-0.2, -0.15) is 0 Å². The first kappa shape index (κ1) is 19.3. The van der Waals surface area contributed by atoms with Crippen LogP contribution < -0.4 is 10.1 Å². The minimum absolute atomic E-state index is 0.0899. The maximum Gasteiger partial charge on any atom is 0.229 e. The molecule has 1 saturated heterocycles. The lowest BCUT2D eigenvalue weighted by Crippen LogP contribution is -2.60. The Morgan fingerprint density at radius 3 is 2.44 bits per heavy atom. The van der Waals surface area contributed by atoms with Gasteiger partial charge in [0.2, 0.25) is 12.2 Å². The van der Waals surface area contributed by atoms with Crippen molar-refractivity contribution in [3.63, 3.8) is 0 Å². The van der Waals surface area contributed by atoms with Crippen LogP contribution in [0.25, 0.3) is 0 Å². The van der Waals surface area contributed by atoms with E-state index in [4.69, 9.17) is 14.6 Å². The van der Waals surface area contributed by atoms with Gasteiger partial charge in [-0.15, -0.1) is 0 Å². The van der Waals surface area contributed by atoms with Crippen LogP contribution in [0.4, 0.5) is 5.69 Å². The molecule has 1 aromatic rings. The summed E-state index contributed by atoms with van der Waals surface area (Å²) in [5, 5.41) is 41.1. The number of amides is 1. The molecule has 1 heterocycles. The Balaban J connectivity index is 1.96. The van der Waals surface area contributed by atoms with Crippen LogP contribution in [0.1, 0.15) is 12.8 Å². The van der Waals surface area contributed by atoms with Crippen molar-refractivity contribution in [1.29, 1.82) is 0 Å². The van der Waals surface area contributed by atoms with Gasteiger partial charge in [0, 0.05) is 18.5 Å². The van der Waals surface area contributed by atoms with E-state index in [0.29, 0.717) is 12.0 Å². The number of hydrogen-bond acceptors (Lipinski definition) is 8. The smallest absolute Gasteiger partial charge is 0.229 e. The van der Waals surface area contributed by atoms with Crippen LogP contribution in [0.2, 0.25) is 0 Å². The number of nitrogens with one attached hydrogen (secondary N) is 1. The minimum atomic E-state index is -1.52. The fourth-order valence-corrected chi connectivity index (χ4v) is 2.33. The van der Waals surface area contributed by atoms with Crippen molar-refractivity contribution in [3.8, 4) is 5.75 Å². The van der Waals surface area contributed by atoms with Gasteiger partial charge in [-0.1, -0.05) is 0 Å². The lowest BCUT2D eigenvalue weighted by atomic mass is 9.99. The second-order valence-electron chi connectivity index (χ2n) is 5.59. The van der Waals surface area contributed by atoms with E-state index in [9.17, 15) is 24.9 Å². The average molecular weight is 355 g/mol. The molecule has 0 aromatic heterocycles. The van der Waals surface area contributed by atoms with Crippen molar-refractivity contribution in [1.82, 2.24) is 0 Å². The topological polar surface area (TPSA) is 146 Å². The zero-order valence-corrected chi connectivity index (χ0v) is 13.3. The Labute approximate surface area is 143 Å².